The summed E-state index contributed by atoms with van der Waals surface area (Å²) in [5.41, 5.74) is 1.21. The van der Waals surface area contributed by atoms with E-state index in [0.717, 1.165) is 6.42 Å². The van der Waals surface area contributed by atoms with Gasteiger partial charge in [-0.1, -0.05) is 20.3 Å². The van der Waals surface area contributed by atoms with Gasteiger partial charge in [0.05, 0.1) is 0 Å². The molecule has 0 amide bonds. The van der Waals surface area contributed by atoms with Crippen molar-refractivity contribution < 1.29 is 28.9 Å². The minimum atomic E-state index is -0.861. The zero-order valence-corrected chi connectivity index (χ0v) is 16.5. The summed E-state index contributed by atoms with van der Waals surface area (Å²) in [5.74, 6) is -0.894. The molecule has 1 aromatic heterocycles. The number of anilines is 1. The van der Waals surface area contributed by atoms with Crippen molar-refractivity contribution in [3.8, 4) is 0 Å². The monoisotopic (exact) mass is 397 g/mol. The topological polar surface area (TPSA) is 121 Å². The predicted molar refractivity (Wildman–Crippen MR) is 96.7 cm³/mol. The second-order valence-corrected chi connectivity index (χ2v) is 7.64. The maximum absolute atomic E-state index is 12.3. The molecule has 0 aromatic carbocycles. The van der Waals surface area contributed by atoms with Crippen LogP contribution in [0.15, 0.2) is 17.1 Å². The maximum atomic E-state index is 12.3. The molecule has 0 radical (unpaired) electrons. The molecule has 3 rings (SSSR count). The van der Waals surface area contributed by atoms with Gasteiger partial charge in [0.2, 0.25) is 0 Å². The van der Waals surface area contributed by atoms with Gasteiger partial charge in [-0.2, -0.15) is 4.98 Å². The minimum absolute atomic E-state index is 0.00479. The van der Waals surface area contributed by atoms with Crippen LogP contribution in [0.25, 0.3) is 0 Å². The first kappa shape index (κ1) is 20.7. The third-order valence-electron chi connectivity index (χ3n) is 4.96. The molecule has 0 aliphatic carbocycles. The summed E-state index contributed by atoms with van der Waals surface area (Å²) in [6.07, 6.45) is 0.226. The number of rotatable bonds is 7. The SMILES string of the molecule is CCC(C)CC(=O)OC[C@H]1O[C@@H](n2ccc(NO)nc2=O)[C@@H]2OC(C)(C)O[C@@H]21. The smallest absolute Gasteiger partial charge is 0.351 e. The summed E-state index contributed by atoms with van der Waals surface area (Å²) in [5, 5.41) is 8.90. The molecule has 10 heteroatoms. The van der Waals surface area contributed by atoms with Crippen LogP contribution in [0.4, 0.5) is 5.82 Å². The van der Waals surface area contributed by atoms with Gasteiger partial charge in [0.25, 0.3) is 0 Å². The third kappa shape index (κ3) is 4.35. The van der Waals surface area contributed by atoms with E-state index in [2.05, 4.69) is 4.98 Å². The summed E-state index contributed by atoms with van der Waals surface area (Å²) in [6, 6.07) is 1.43. The van der Waals surface area contributed by atoms with Crippen molar-refractivity contribution in [2.24, 2.45) is 5.92 Å². The van der Waals surface area contributed by atoms with E-state index in [1.807, 2.05) is 19.3 Å². The lowest BCUT2D eigenvalue weighted by molar-refractivity contribution is -0.203. The summed E-state index contributed by atoms with van der Waals surface area (Å²) in [4.78, 5) is 28.0. The fraction of sp³-hybridized carbons (Fsp3) is 0.722. The largest absolute Gasteiger partial charge is 0.463 e. The van der Waals surface area contributed by atoms with Crippen molar-refractivity contribution in [3.63, 3.8) is 0 Å². The molecule has 2 aliphatic heterocycles. The number of hydrogen-bond acceptors (Lipinski definition) is 9. The molecule has 10 nitrogen and oxygen atoms in total. The number of aromatic nitrogens is 2. The zero-order valence-electron chi connectivity index (χ0n) is 16.5. The fourth-order valence-corrected chi connectivity index (χ4v) is 3.35. The zero-order chi connectivity index (χ0) is 20.5. The summed E-state index contributed by atoms with van der Waals surface area (Å²) in [7, 11) is 0. The Hall–Kier alpha value is -2.01. The Bertz CT molecular complexity index is 766. The molecule has 28 heavy (non-hydrogen) atoms. The van der Waals surface area contributed by atoms with Gasteiger partial charge in [-0.25, -0.2) is 4.79 Å². The van der Waals surface area contributed by atoms with Crippen molar-refractivity contribution in [1.29, 1.82) is 0 Å². The van der Waals surface area contributed by atoms with Crippen LogP contribution >= 0.6 is 0 Å². The van der Waals surface area contributed by atoms with Gasteiger partial charge in [0.15, 0.2) is 17.8 Å². The summed E-state index contributed by atoms with van der Waals surface area (Å²) >= 11 is 0. The van der Waals surface area contributed by atoms with E-state index in [-0.39, 0.29) is 24.3 Å². The number of fused-ring (bicyclic) bond motifs is 1. The molecule has 2 aliphatic rings. The van der Waals surface area contributed by atoms with E-state index < -0.39 is 36.0 Å². The number of nitrogens with one attached hydrogen (secondary N) is 1. The molecule has 3 heterocycles. The number of ether oxygens (including phenoxy) is 4. The number of carbonyl (C=O) groups is 1. The van der Waals surface area contributed by atoms with Crippen molar-refractivity contribution >= 4 is 11.8 Å². The first-order valence-corrected chi connectivity index (χ1v) is 9.40. The number of esters is 1. The standard InChI is InChI=1S/C18H27N3O7/c1-5-10(2)8-13(22)25-9-11-14-15(28-18(3,4)27-14)16(26-11)21-7-6-12(20-24)19-17(21)23/h6-7,10-11,14-16,24H,5,8-9H2,1-4H3,(H,19,20,23)/t10?,11-,14-,15-,16-/m1/s1. The highest BCUT2D eigenvalue weighted by atomic mass is 16.8. The molecule has 1 aromatic rings. The van der Waals surface area contributed by atoms with Crippen LogP contribution in [0.1, 0.15) is 46.8 Å². The molecule has 1 unspecified atom stereocenters. The molecule has 2 N–H and O–H groups in total. The van der Waals surface area contributed by atoms with Gasteiger partial charge in [-0.15, -0.1) is 0 Å². The van der Waals surface area contributed by atoms with Gasteiger partial charge in [0, 0.05) is 12.6 Å². The van der Waals surface area contributed by atoms with Crippen LogP contribution in [0.2, 0.25) is 0 Å². The van der Waals surface area contributed by atoms with Crippen LogP contribution in [0.5, 0.6) is 0 Å². The Morgan fingerprint density at radius 2 is 2.14 bits per heavy atom. The summed E-state index contributed by atoms with van der Waals surface area (Å²) < 4.78 is 24.5. The highest BCUT2D eigenvalue weighted by Gasteiger charge is 2.56. The van der Waals surface area contributed by atoms with Crippen molar-refractivity contribution in [3.05, 3.63) is 22.7 Å². The Morgan fingerprint density at radius 1 is 1.43 bits per heavy atom. The number of nitrogens with zero attached hydrogens (tertiary/aromatic N) is 2. The maximum Gasteiger partial charge on any atom is 0.351 e. The van der Waals surface area contributed by atoms with Crippen LogP contribution < -0.4 is 11.2 Å². The molecule has 0 spiro atoms. The van der Waals surface area contributed by atoms with Crippen LogP contribution in [-0.4, -0.2) is 51.4 Å². The molecule has 156 valence electrons. The highest BCUT2D eigenvalue weighted by molar-refractivity contribution is 5.69. The molecule has 0 saturated carbocycles. The van der Waals surface area contributed by atoms with E-state index in [4.69, 9.17) is 24.2 Å². The fourth-order valence-electron chi connectivity index (χ4n) is 3.35. The Morgan fingerprint density at radius 3 is 2.79 bits per heavy atom. The lowest BCUT2D eigenvalue weighted by Crippen LogP contribution is -2.34. The Balaban J connectivity index is 1.75. The highest BCUT2D eigenvalue weighted by Crippen LogP contribution is 2.42. The quantitative estimate of drug-likeness (QED) is 0.520. The second kappa shape index (κ2) is 8.16. The van der Waals surface area contributed by atoms with Gasteiger partial charge in [-0.05, 0) is 25.8 Å². The average Bonchev–Trinajstić information content (AvgIpc) is 3.13. The van der Waals surface area contributed by atoms with Crippen molar-refractivity contribution in [2.75, 3.05) is 12.1 Å². The molecule has 0 bridgehead atoms. The Labute approximate surface area is 162 Å². The molecule has 5 atom stereocenters. The van der Waals surface area contributed by atoms with Crippen molar-refractivity contribution in [2.45, 2.75) is 70.9 Å². The average molecular weight is 397 g/mol. The van der Waals surface area contributed by atoms with Gasteiger partial charge < -0.3 is 18.9 Å². The van der Waals surface area contributed by atoms with Gasteiger partial charge >= 0.3 is 11.7 Å². The Kier molecular flexibility index (Phi) is 6.04. The van der Waals surface area contributed by atoms with Gasteiger partial charge in [-0.3, -0.25) is 20.0 Å². The predicted octanol–water partition coefficient (Wildman–Crippen LogP) is 1.44. The number of hydrogen-bond donors (Lipinski definition) is 2. The normalized spacial score (nSPS) is 29.3. The van der Waals surface area contributed by atoms with E-state index in [0.29, 0.717) is 6.42 Å². The molecule has 2 fully saturated rings. The van der Waals surface area contributed by atoms with E-state index >= 15 is 0 Å². The third-order valence-corrected chi connectivity index (χ3v) is 4.96. The lowest BCUT2D eigenvalue weighted by Gasteiger charge is -2.24. The van der Waals surface area contributed by atoms with Crippen LogP contribution in [0.3, 0.4) is 0 Å². The molecular weight excluding hydrogens is 370 g/mol. The first-order chi connectivity index (χ1) is 13.2. The molecule has 2 saturated heterocycles. The van der Waals surface area contributed by atoms with E-state index in [1.165, 1.54) is 16.8 Å². The number of carbonyl (C=O) groups excluding carboxylic acids is 1. The minimum Gasteiger partial charge on any atom is -0.463 e. The van der Waals surface area contributed by atoms with Crippen LogP contribution in [0, 0.1) is 5.92 Å². The van der Waals surface area contributed by atoms with Crippen LogP contribution in [-0.2, 0) is 23.7 Å². The first-order valence-electron chi connectivity index (χ1n) is 9.40. The second-order valence-electron chi connectivity index (χ2n) is 7.64. The van der Waals surface area contributed by atoms with E-state index in [9.17, 15) is 9.59 Å². The van der Waals surface area contributed by atoms with Crippen molar-refractivity contribution in [1.82, 2.24) is 9.55 Å². The molecular formula is C18H27N3O7. The van der Waals surface area contributed by atoms with E-state index in [1.54, 1.807) is 13.8 Å². The summed E-state index contributed by atoms with van der Waals surface area (Å²) in [6.45, 7) is 7.55. The van der Waals surface area contributed by atoms with Gasteiger partial charge in [0.1, 0.15) is 24.9 Å². The lowest BCUT2D eigenvalue weighted by atomic mass is 10.1.